The van der Waals surface area contributed by atoms with Gasteiger partial charge in [0.2, 0.25) is 0 Å². The van der Waals surface area contributed by atoms with Crippen LogP contribution in [0.1, 0.15) is 43.7 Å². The molecule has 0 unspecified atom stereocenters. The molecule has 0 nitrogen and oxygen atoms in total. The fraction of sp³-hybridized carbons (Fsp3) is 0.333. The first-order valence-electron chi connectivity index (χ1n) is 7.16. The summed E-state index contributed by atoms with van der Waals surface area (Å²) in [6.45, 7) is 4.32. The molecule has 0 aliphatic heterocycles. The maximum Gasteiger partial charge on any atom is 0.123 e. The van der Waals surface area contributed by atoms with E-state index >= 15 is 0 Å². The molecule has 0 saturated carbocycles. The molecule has 0 saturated heterocycles. The van der Waals surface area contributed by atoms with Crippen molar-refractivity contribution < 1.29 is 8.78 Å². The Balaban J connectivity index is 2.43. The van der Waals surface area contributed by atoms with Crippen LogP contribution < -0.4 is 0 Å². The molecule has 2 heteroatoms. The molecule has 0 amide bonds. The van der Waals surface area contributed by atoms with Crippen molar-refractivity contribution in [3.05, 3.63) is 71.3 Å². The Labute approximate surface area is 119 Å². The third-order valence-electron chi connectivity index (χ3n) is 3.98. The van der Waals surface area contributed by atoms with Crippen molar-refractivity contribution in [2.24, 2.45) is 5.92 Å². The Morgan fingerprint density at radius 1 is 0.700 bits per heavy atom. The molecule has 2 rings (SSSR count). The van der Waals surface area contributed by atoms with Crippen LogP contribution in [0.2, 0.25) is 0 Å². The first-order valence-corrected chi connectivity index (χ1v) is 7.16. The molecule has 20 heavy (non-hydrogen) atoms. The molecule has 2 aromatic rings. The summed E-state index contributed by atoms with van der Waals surface area (Å²) in [4.78, 5) is 0. The van der Waals surface area contributed by atoms with Crippen LogP contribution in [0.15, 0.2) is 48.5 Å². The Bertz CT molecular complexity index is 479. The van der Waals surface area contributed by atoms with Crippen LogP contribution in [0.25, 0.3) is 0 Å². The molecule has 0 aliphatic rings. The van der Waals surface area contributed by atoms with Crippen LogP contribution in [0.5, 0.6) is 0 Å². The van der Waals surface area contributed by atoms with Crippen LogP contribution in [0.3, 0.4) is 0 Å². The third-order valence-corrected chi connectivity index (χ3v) is 3.98. The molecule has 0 atom stereocenters. The van der Waals surface area contributed by atoms with Gasteiger partial charge in [0.1, 0.15) is 11.6 Å². The molecule has 0 radical (unpaired) electrons. The van der Waals surface area contributed by atoms with Gasteiger partial charge in [-0.05, 0) is 41.3 Å². The maximum absolute atomic E-state index is 13.1. The predicted octanol–water partition coefficient (Wildman–Crippen LogP) is 5.53. The molecule has 0 fully saturated rings. The van der Waals surface area contributed by atoms with E-state index < -0.39 is 0 Å². The van der Waals surface area contributed by atoms with Gasteiger partial charge in [0.05, 0.1) is 0 Å². The van der Waals surface area contributed by atoms with Crippen molar-refractivity contribution in [2.75, 3.05) is 0 Å². The average Bonchev–Trinajstić information content (AvgIpc) is 2.47. The fourth-order valence-electron chi connectivity index (χ4n) is 2.84. The Morgan fingerprint density at radius 3 is 1.35 bits per heavy atom. The second kappa shape index (κ2) is 6.65. The minimum Gasteiger partial charge on any atom is -0.207 e. The third kappa shape index (κ3) is 3.24. The zero-order valence-electron chi connectivity index (χ0n) is 11.9. The van der Waals surface area contributed by atoms with Gasteiger partial charge in [0, 0.05) is 5.92 Å². The second-order valence-electron chi connectivity index (χ2n) is 5.16. The minimum atomic E-state index is -0.226. The summed E-state index contributed by atoms with van der Waals surface area (Å²) in [5.41, 5.74) is 2.18. The van der Waals surface area contributed by atoms with E-state index in [4.69, 9.17) is 0 Å². The van der Waals surface area contributed by atoms with E-state index in [2.05, 4.69) is 13.8 Å². The molecular formula is C18H20F2. The van der Waals surface area contributed by atoms with E-state index in [1.165, 1.54) is 24.3 Å². The average molecular weight is 274 g/mol. The van der Waals surface area contributed by atoms with Gasteiger partial charge >= 0.3 is 0 Å². The standard InChI is InChI=1S/C18H20F2/c1-3-13(4-2)18(14-5-9-16(19)10-6-14)15-7-11-17(20)12-8-15/h5-13,18H,3-4H2,1-2H3. The molecular weight excluding hydrogens is 254 g/mol. The number of benzene rings is 2. The smallest absolute Gasteiger partial charge is 0.123 e. The Hall–Kier alpha value is -1.70. The SMILES string of the molecule is CCC(CC)C(c1ccc(F)cc1)c1ccc(F)cc1. The van der Waals surface area contributed by atoms with Crippen molar-refractivity contribution in [3.63, 3.8) is 0 Å². The number of hydrogen-bond donors (Lipinski definition) is 0. The van der Waals surface area contributed by atoms with Gasteiger partial charge in [-0.1, -0.05) is 51.0 Å². The highest BCUT2D eigenvalue weighted by Gasteiger charge is 2.22. The van der Waals surface area contributed by atoms with E-state index in [9.17, 15) is 8.78 Å². The normalized spacial score (nSPS) is 11.3. The Morgan fingerprint density at radius 2 is 1.05 bits per heavy atom. The second-order valence-corrected chi connectivity index (χ2v) is 5.16. The van der Waals surface area contributed by atoms with Crippen LogP contribution in [0.4, 0.5) is 8.78 Å². The predicted molar refractivity (Wildman–Crippen MR) is 78.7 cm³/mol. The van der Waals surface area contributed by atoms with Gasteiger partial charge in [0.25, 0.3) is 0 Å². The summed E-state index contributed by atoms with van der Waals surface area (Å²) in [5.74, 6) is 0.199. The van der Waals surface area contributed by atoms with Crippen molar-refractivity contribution in [1.82, 2.24) is 0 Å². The van der Waals surface area contributed by atoms with Gasteiger partial charge in [-0.2, -0.15) is 0 Å². The molecule has 0 aliphatic carbocycles. The summed E-state index contributed by atoms with van der Waals surface area (Å²) in [6.07, 6.45) is 2.08. The van der Waals surface area contributed by atoms with Crippen LogP contribution in [0, 0.1) is 17.6 Å². The monoisotopic (exact) mass is 274 g/mol. The highest BCUT2D eigenvalue weighted by molar-refractivity contribution is 5.33. The molecule has 0 heterocycles. The van der Waals surface area contributed by atoms with Gasteiger partial charge in [-0.25, -0.2) is 8.78 Å². The van der Waals surface area contributed by atoms with Gasteiger partial charge in [-0.3, -0.25) is 0 Å². The zero-order chi connectivity index (χ0) is 14.5. The van der Waals surface area contributed by atoms with Crippen molar-refractivity contribution in [1.29, 1.82) is 0 Å². The Kier molecular flexibility index (Phi) is 4.89. The largest absolute Gasteiger partial charge is 0.207 e. The van der Waals surface area contributed by atoms with E-state index in [0.29, 0.717) is 5.92 Å². The number of rotatable bonds is 5. The summed E-state index contributed by atoms with van der Waals surface area (Å²) in [7, 11) is 0. The maximum atomic E-state index is 13.1. The minimum absolute atomic E-state index is 0.186. The van der Waals surface area contributed by atoms with E-state index in [0.717, 1.165) is 24.0 Å². The molecule has 0 bridgehead atoms. The summed E-state index contributed by atoms with van der Waals surface area (Å²) in [5, 5.41) is 0. The highest BCUT2D eigenvalue weighted by Crippen LogP contribution is 2.35. The van der Waals surface area contributed by atoms with Crippen molar-refractivity contribution in [2.45, 2.75) is 32.6 Å². The molecule has 106 valence electrons. The summed E-state index contributed by atoms with van der Waals surface area (Å²) >= 11 is 0. The first kappa shape index (κ1) is 14.7. The lowest BCUT2D eigenvalue weighted by molar-refractivity contribution is 0.437. The molecule has 2 aromatic carbocycles. The highest BCUT2D eigenvalue weighted by atomic mass is 19.1. The molecule has 0 spiro atoms. The van der Waals surface area contributed by atoms with E-state index in [1.54, 1.807) is 0 Å². The quantitative estimate of drug-likeness (QED) is 0.672. The number of halogens is 2. The molecule has 0 aromatic heterocycles. The van der Waals surface area contributed by atoms with E-state index in [-0.39, 0.29) is 17.6 Å². The lowest BCUT2D eigenvalue weighted by atomic mass is 9.78. The zero-order valence-corrected chi connectivity index (χ0v) is 11.9. The van der Waals surface area contributed by atoms with E-state index in [1.807, 2.05) is 24.3 Å². The van der Waals surface area contributed by atoms with Crippen LogP contribution >= 0.6 is 0 Å². The van der Waals surface area contributed by atoms with Crippen molar-refractivity contribution in [3.8, 4) is 0 Å². The fourth-order valence-corrected chi connectivity index (χ4v) is 2.84. The summed E-state index contributed by atoms with van der Waals surface area (Å²) < 4.78 is 26.2. The van der Waals surface area contributed by atoms with Crippen LogP contribution in [-0.2, 0) is 0 Å². The summed E-state index contributed by atoms with van der Waals surface area (Å²) in [6, 6.07) is 13.3. The van der Waals surface area contributed by atoms with Crippen LogP contribution in [-0.4, -0.2) is 0 Å². The topological polar surface area (TPSA) is 0 Å². The lowest BCUT2D eigenvalue weighted by Crippen LogP contribution is -2.13. The molecule has 0 N–H and O–H groups in total. The van der Waals surface area contributed by atoms with Crippen molar-refractivity contribution >= 4 is 0 Å². The lowest BCUT2D eigenvalue weighted by Gasteiger charge is -2.26. The number of hydrogen-bond acceptors (Lipinski definition) is 0. The first-order chi connectivity index (χ1) is 9.65. The van der Waals surface area contributed by atoms with Gasteiger partial charge < -0.3 is 0 Å². The van der Waals surface area contributed by atoms with Gasteiger partial charge in [-0.15, -0.1) is 0 Å². The van der Waals surface area contributed by atoms with Gasteiger partial charge in [0.15, 0.2) is 0 Å².